The molecule has 0 unspecified atom stereocenters. The maximum absolute atomic E-state index is 12.6. The van der Waals surface area contributed by atoms with Crippen molar-refractivity contribution in [3.63, 3.8) is 0 Å². The van der Waals surface area contributed by atoms with Gasteiger partial charge >= 0.3 is 0 Å². The summed E-state index contributed by atoms with van der Waals surface area (Å²) in [5.41, 5.74) is 3.43. The molecule has 7 heteroatoms. The summed E-state index contributed by atoms with van der Waals surface area (Å²) in [4.78, 5) is 17.0. The molecule has 0 atom stereocenters. The summed E-state index contributed by atoms with van der Waals surface area (Å²) in [6.07, 6.45) is 0.182. The molecule has 0 bridgehead atoms. The summed E-state index contributed by atoms with van der Waals surface area (Å²) in [7, 11) is 3.13. The van der Waals surface area contributed by atoms with E-state index in [0.29, 0.717) is 39.2 Å². The van der Waals surface area contributed by atoms with Crippen LogP contribution in [0.1, 0.15) is 5.56 Å². The van der Waals surface area contributed by atoms with Gasteiger partial charge < -0.3 is 19.2 Å². The second-order valence-corrected chi connectivity index (χ2v) is 7.00. The lowest BCUT2D eigenvalue weighted by molar-refractivity contribution is -0.115. The Labute approximate surface area is 178 Å². The van der Waals surface area contributed by atoms with E-state index in [1.165, 1.54) is 0 Å². The zero-order valence-electron chi connectivity index (χ0n) is 16.4. The minimum Gasteiger partial charge on any atom is -0.493 e. The molecule has 3 aromatic carbocycles. The molecule has 4 aromatic rings. The second-order valence-electron chi connectivity index (χ2n) is 6.60. The van der Waals surface area contributed by atoms with Gasteiger partial charge in [0.15, 0.2) is 17.1 Å². The zero-order valence-corrected chi connectivity index (χ0v) is 17.2. The smallest absolute Gasteiger partial charge is 0.228 e. The van der Waals surface area contributed by atoms with E-state index in [2.05, 4.69) is 10.3 Å². The number of para-hydroxylation sites is 2. The van der Waals surface area contributed by atoms with Gasteiger partial charge in [0.05, 0.1) is 31.2 Å². The molecule has 0 radical (unpaired) electrons. The van der Waals surface area contributed by atoms with Crippen molar-refractivity contribution in [1.29, 1.82) is 0 Å². The van der Waals surface area contributed by atoms with Crippen LogP contribution in [0.25, 0.3) is 22.6 Å². The van der Waals surface area contributed by atoms with Crippen molar-refractivity contribution in [2.45, 2.75) is 6.42 Å². The lowest BCUT2D eigenvalue weighted by atomic mass is 10.1. The molecule has 0 saturated heterocycles. The number of hydrogen-bond acceptors (Lipinski definition) is 5. The van der Waals surface area contributed by atoms with Gasteiger partial charge in [-0.25, -0.2) is 4.98 Å². The normalized spacial score (nSPS) is 10.8. The lowest BCUT2D eigenvalue weighted by Crippen LogP contribution is -2.14. The second kappa shape index (κ2) is 8.47. The summed E-state index contributed by atoms with van der Waals surface area (Å²) in [5.74, 6) is 1.42. The predicted molar refractivity (Wildman–Crippen MR) is 116 cm³/mol. The number of nitrogens with one attached hydrogen (secondary N) is 1. The quantitative estimate of drug-likeness (QED) is 0.453. The molecular formula is C23H19ClN2O4. The number of rotatable bonds is 6. The standard InChI is InChI=1S/C23H19ClN2O4/c1-28-20-10-7-14(11-21(20)29-2)12-22(27)25-15-8-9-17(24)16(13-15)23-26-18-5-3-4-6-19(18)30-23/h3-11,13H,12H2,1-2H3,(H,25,27). The Bertz CT molecular complexity index is 1190. The number of amides is 1. The van der Waals surface area contributed by atoms with Crippen molar-refractivity contribution >= 4 is 34.3 Å². The van der Waals surface area contributed by atoms with Crippen LogP contribution in [0.2, 0.25) is 5.02 Å². The SMILES string of the molecule is COc1ccc(CC(=O)Nc2ccc(Cl)c(-c3nc4ccccc4o3)c2)cc1OC. The Balaban J connectivity index is 1.54. The number of ether oxygens (including phenoxy) is 2. The first-order chi connectivity index (χ1) is 14.6. The maximum Gasteiger partial charge on any atom is 0.228 e. The highest BCUT2D eigenvalue weighted by molar-refractivity contribution is 6.33. The van der Waals surface area contributed by atoms with Crippen molar-refractivity contribution in [3.05, 3.63) is 71.2 Å². The van der Waals surface area contributed by atoms with Crippen LogP contribution in [0.4, 0.5) is 5.69 Å². The van der Waals surface area contributed by atoms with E-state index < -0.39 is 0 Å². The number of carbonyl (C=O) groups excluding carboxylic acids is 1. The van der Waals surface area contributed by atoms with E-state index in [9.17, 15) is 4.79 Å². The van der Waals surface area contributed by atoms with E-state index in [4.69, 9.17) is 25.5 Å². The maximum atomic E-state index is 12.6. The number of methoxy groups -OCH3 is 2. The highest BCUT2D eigenvalue weighted by Gasteiger charge is 2.14. The topological polar surface area (TPSA) is 73.6 Å². The van der Waals surface area contributed by atoms with Gasteiger partial charge in [0.2, 0.25) is 11.8 Å². The lowest BCUT2D eigenvalue weighted by Gasteiger charge is -2.10. The number of benzene rings is 3. The summed E-state index contributed by atoms with van der Waals surface area (Å²) < 4.78 is 16.3. The van der Waals surface area contributed by atoms with Gasteiger partial charge in [-0.2, -0.15) is 0 Å². The van der Waals surface area contributed by atoms with Crippen LogP contribution in [0.3, 0.4) is 0 Å². The number of fused-ring (bicyclic) bond motifs is 1. The molecular weight excluding hydrogens is 404 g/mol. The largest absolute Gasteiger partial charge is 0.493 e. The molecule has 6 nitrogen and oxygen atoms in total. The molecule has 1 aromatic heterocycles. The van der Waals surface area contributed by atoms with E-state index in [1.807, 2.05) is 30.3 Å². The highest BCUT2D eigenvalue weighted by atomic mass is 35.5. The zero-order chi connectivity index (χ0) is 21.1. The fourth-order valence-electron chi connectivity index (χ4n) is 3.14. The van der Waals surface area contributed by atoms with Crippen molar-refractivity contribution < 1.29 is 18.7 Å². The summed E-state index contributed by atoms with van der Waals surface area (Å²) in [5, 5.41) is 3.37. The van der Waals surface area contributed by atoms with Gasteiger partial charge in [0.1, 0.15) is 5.52 Å². The van der Waals surface area contributed by atoms with Gasteiger partial charge in [0.25, 0.3) is 0 Å². The number of hydrogen-bond donors (Lipinski definition) is 1. The van der Waals surface area contributed by atoms with Gasteiger partial charge in [-0.15, -0.1) is 0 Å². The minimum atomic E-state index is -0.173. The van der Waals surface area contributed by atoms with Crippen LogP contribution >= 0.6 is 11.6 Å². The molecule has 1 heterocycles. The molecule has 0 aliphatic heterocycles. The number of halogens is 1. The molecule has 0 fully saturated rings. The average Bonchev–Trinajstić information content (AvgIpc) is 3.19. The Kier molecular flexibility index (Phi) is 5.59. The van der Waals surface area contributed by atoms with Gasteiger partial charge in [-0.1, -0.05) is 29.8 Å². The number of nitrogens with zero attached hydrogens (tertiary/aromatic N) is 1. The average molecular weight is 423 g/mol. The van der Waals surface area contributed by atoms with Crippen LogP contribution in [0.15, 0.2) is 65.1 Å². The predicted octanol–water partition coefficient (Wildman–Crippen LogP) is 5.35. The van der Waals surface area contributed by atoms with Crippen molar-refractivity contribution in [1.82, 2.24) is 4.98 Å². The third-order valence-corrected chi connectivity index (χ3v) is 4.92. The monoisotopic (exact) mass is 422 g/mol. The van der Waals surface area contributed by atoms with Gasteiger partial charge in [-0.05, 0) is 48.0 Å². The van der Waals surface area contributed by atoms with Crippen LogP contribution in [0.5, 0.6) is 11.5 Å². The van der Waals surface area contributed by atoms with Crippen LogP contribution < -0.4 is 14.8 Å². The van der Waals surface area contributed by atoms with E-state index in [-0.39, 0.29) is 12.3 Å². The summed E-state index contributed by atoms with van der Waals surface area (Å²) in [6, 6.07) is 18.0. The molecule has 30 heavy (non-hydrogen) atoms. The van der Waals surface area contributed by atoms with E-state index in [0.717, 1.165) is 11.1 Å². The molecule has 0 spiro atoms. The van der Waals surface area contributed by atoms with Gasteiger partial charge in [-0.3, -0.25) is 4.79 Å². The summed E-state index contributed by atoms with van der Waals surface area (Å²) >= 11 is 6.35. The molecule has 0 aliphatic rings. The summed E-state index contributed by atoms with van der Waals surface area (Å²) in [6.45, 7) is 0. The van der Waals surface area contributed by atoms with Crippen LogP contribution in [0, 0.1) is 0 Å². The Morgan fingerprint density at radius 1 is 1.03 bits per heavy atom. The molecule has 1 N–H and O–H groups in total. The van der Waals surface area contributed by atoms with Crippen LogP contribution in [-0.2, 0) is 11.2 Å². The number of oxazole rings is 1. The number of aromatic nitrogens is 1. The fourth-order valence-corrected chi connectivity index (χ4v) is 3.33. The van der Waals surface area contributed by atoms with Crippen molar-refractivity contribution in [2.75, 3.05) is 19.5 Å². The first-order valence-corrected chi connectivity index (χ1v) is 9.61. The third-order valence-electron chi connectivity index (χ3n) is 4.59. The minimum absolute atomic E-state index is 0.173. The Morgan fingerprint density at radius 3 is 2.60 bits per heavy atom. The molecule has 0 saturated carbocycles. The fraction of sp³-hybridized carbons (Fsp3) is 0.130. The number of carbonyl (C=O) groups is 1. The van der Waals surface area contributed by atoms with Crippen LogP contribution in [-0.4, -0.2) is 25.1 Å². The Hall–Kier alpha value is -3.51. The Morgan fingerprint density at radius 2 is 1.83 bits per heavy atom. The van der Waals surface area contributed by atoms with Crippen molar-refractivity contribution in [3.8, 4) is 23.0 Å². The number of anilines is 1. The van der Waals surface area contributed by atoms with Crippen molar-refractivity contribution in [2.24, 2.45) is 0 Å². The molecule has 0 aliphatic carbocycles. The highest BCUT2D eigenvalue weighted by Crippen LogP contribution is 2.32. The third kappa shape index (κ3) is 4.09. The molecule has 1 amide bonds. The molecule has 152 valence electrons. The van der Waals surface area contributed by atoms with E-state index in [1.54, 1.807) is 44.6 Å². The van der Waals surface area contributed by atoms with Gasteiger partial charge in [0, 0.05) is 5.69 Å². The molecule has 4 rings (SSSR count). The first-order valence-electron chi connectivity index (χ1n) is 9.23. The first kappa shape index (κ1) is 19.8. The van der Waals surface area contributed by atoms with E-state index >= 15 is 0 Å².